The lowest BCUT2D eigenvalue weighted by Crippen LogP contribution is -2.35. The van der Waals surface area contributed by atoms with Crippen LogP contribution >= 0.6 is 23.8 Å². The van der Waals surface area contributed by atoms with Crippen LogP contribution in [0.25, 0.3) is 0 Å². The molecule has 3 rings (SSSR count). The first-order valence-corrected chi connectivity index (χ1v) is 10.3. The summed E-state index contributed by atoms with van der Waals surface area (Å²) in [4.78, 5) is 6.26. The number of anilines is 1. The van der Waals surface area contributed by atoms with E-state index in [0.29, 0.717) is 16.7 Å². The second-order valence-electron chi connectivity index (χ2n) is 6.73. The summed E-state index contributed by atoms with van der Waals surface area (Å²) in [6.07, 6.45) is 6.52. The molecule has 0 saturated heterocycles. The molecule has 1 N–H and O–H groups in total. The molecule has 3 aromatic rings. The molecule has 0 radical (unpaired) electrons. The third-order valence-electron chi connectivity index (χ3n) is 4.75. The van der Waals surface area contributed by atoms with Gasteiger partial charge in [-0.25, -0.2) is 4.98 Å². The number of hydrogen-bond donors (Lipinski definition) is 1. The number of halogens is 1. The molecule has 0 aliphatic carbocycles. The van der Waals surface area contributed by atoms with Crippen LogP contribution in [0.4, 0.5) is 5.69 Å². The Balaban J connectivity index is 1.75. The van der Waals surface area contributed by atoms with Gasteiger partial charge in [0.25, 0.3) is 0 Å². The number of para-hydroxylation sites is 1. The first-order chi connectivity index (χ1) is 14.1. The van der Waals surface area contributed by atoms with Crippen molar-refractivity contribution in [1.82, 2.24) is 14.5 Å². The lowest BCUT2D eigenvalue weighted by atomic mass is 10.2. The molecule has 0 spiro atoms. The summed E-state index contributed by atoms with van der Waals surface area (Å²) in [5.41, 5.74) is 2.99. The van der Waals surface area contributed by atoms with Crippen LogP contribution in [0.15, 0.2) is 61.2 Å². The van der Waals surface area contributed by atoms with Gasteiger partial charge in [-0.2, -0.15) is 0 Å². The minimum absolute atomic E-state index is 0.652. The molecule has 1 aromatic heterocycles. The lowest BCUT2D eigenvalue weighted by Gasteiger charge is -2.27. The molecule has 5 nitrogen and oxygen atoms in total. The third kappa shape index (κ3) is 5.71. The van der Waals surface area contributed by atoms with E-state index >= 15 is 0 Å². The van der Waals surface area contributed by atoms with Gasteiger partial charge in [-0.3, -0.25) is 0 Å². The Morgan fingerprint density at radius 2 is 2.07 bits per heavy atom. The standard InChI is InChI=1S/C22H25ClN4OS/c1-17-19(23)8-5-9-20(17)25-22(29)27(13-6-12-26-14-11-24-16-26)15-18-7-3-4-10-21(18)28-2/h3-5,7-11,14,16H,6,12-13,15H2,1-2H3,(H,25,29). The molecule has 7 heteroatoms. The van der Waals surface area contributed by atoms with Gasteiger partial charge in [0, 0.05) is 48.3 Å². The van der Waals surface area contributed by atoms with Gasteiger partial charge in [-0.1, -0.05) is 35.9 Å². The van der Waals surface area contributed by atoms with Crippen molar-refractivity contribution in [3.63, 3.8) is 0 Å². The van der Waals surface area contributed by atoms with Gasteiger partial charge in [-0.15, -0.1) is 0 Å². The average molecular weight is 429 g/mol. The van der Waals surface area contributed by atoms with Crippen molar-refractivity contribution in [2.75, 3.05) is 19.0 Å². The topological polar surface area (TPSA) is 42.3 Å². The van der Waals surface area contributed by atoms with E-state index in [1.54, 1.807) is 13.3 Å². The maximum atomic E-state index is 6.26. The SMILES string of the molecule is COc1ccccc1CN(CCCn1ccnc1)C(=S)Nc1cccc(Cl)c1C. The van der Waals surface area contributed by atoms with Gasteiger partial charge in [0.05, 0.1) is 13.4 Å². The van der Waals surface area contributed by atoms with Gasteiger partial charge in [0.1, 0.15) is 5.75 Å². The third-order valence-corrected chi connectivity index (χ3v) is 5.52. The molecule has 0 aliphatic heterocycles. The van der Waals surface area contributed by atoms with Crippen LogP contribution in [-0.4, -0.2) is 33.2 Å². The summed E-state index contributed by atoms with van der Waals surface area (Å²) >= 11 is 12.0. The Bertz CT molecular complexity index is 946. The molecular weight excluding hydrogens is 404 g/mol. The highest BCUT2D eigenvalue weighted by molar-refractivity contribution is 7.80. The highest BCUT2D eigenvalue weighted by Crippen LogP contribution is 2.24. The summed E-state index contributed by atoms with van der Waals surface area (Å²) < 4.78 is 7.59. The summed E-state index contributed by atoms with van der Waals surface area (Å²) in [5, 5.41) is 4.74. The van der Waals surface area contributed by atoms with Crippen LogP contribution in [0.2, 0.25) is 5.02 Å². The van der Waals surface area contributed by atoms with E-state index in [2.05, 4.69) is 25.8 Å². The normalized spacial score (nSPS) is 10.6. The highest BCUT2D eigenvalue weighted by Gasteiger charge is 2.14. The zero-order valence-electron chi connectivity index (χ0n) is 16.6. The van der Waals surface area contributed by atoms with Crippen molar-refractivity contribution in [3.05, 3.63) is 77.3 Å². The van der Waals surface area contributed by atoms with Gasteiger partial charge in [0.15, 0.2) is 5.11 Å². The number of aryl methyl sites for hydroxylation is 1. The van der Waals surface area contributed by atoms with Crippen molar-refractivity contribution >= 4 is 34.6 Å². The Labute approximate surface area is 182 Å². The monoisotopic (exact) mass is 428 g/mol. The molecule has 0 atom stereocenters. The summed E-state index contributed by atoms with van der Waals surface area (Å²) in [7, 11) is 1.69. The molecule has 0 amide bonds. The molecule has 1 heterocycles. The fraction of sp³-hybridized carbons (Fsp3) is 0.273. The second-order valence-corrected chi connectivity index (χ2v) is 7.52. The van der Waals surface area contributed by atoms with E-state index in [4.69, 9.17) is 28.6 Å². The summed E-state index contributed by atoms with van der Waals surface area (Å²) in [5.74, 6) is 0.855. The predicted octanol–water partition coefficient (Wildman–Crippen LogP) is 5.14. The molecule has 0 bridgehead atoms. The van der Waals surface area contributed by atoms with E-state index in [1.807, 2.05) is 55.8 Å². The van der Waals surface area contributed by atoms with Crippen molar-refractivity contribution in [2.45, 2.75) is 26.4 Å². The van der Waals surface area contributed by atoms with Crippen LogP contribution in [0, 0.1) is 6.92 Å². The maximum Gasteiger partial charge on any atom is 0.173 e. The summed E-state index contributed by atoms with van der Waals surface area (Å²) in [6.45, 7) is 4.30. The number of methoxy groups -OCH3 is 1. The number of nitrogens with zero attached hydrogens (tertiary/aromatic N) is 3. The molecular formula is C22H25ClN4OS. The fourth-order valence-corrected chi connectivity index (χ4v) is 3.53. The Hall–Kier alpha value is -2.57. The van der Waals surface area contributed by atoms with Crippen molar-refractivity contribution in [3.8, 4) is 5.75 Å². The van der Waals surface area contributed by atoms with Gasteiger partial charge < -0.3 is 19.5 Å². The van der Waals surface area contributed by atoms with Crippen molar-refractivity contribution in [1.29, 1.82) is 0 Å². The van der Waals surface area contributed by atoms with E-state index < -0.39 is 0 Å². The van der Waals surface area contributed by atoms with E-state index in [-0.39, 0.29) is 0 Å². The molecule has 2 aromatic carbocycles. The zero-order valence-corrected chi connectivity index (χ0v) is 18.2. The fourth-order valence-electron chi connectivity index (χ4n) is 3.09. The number of rotatable bonds is 8. The number of ether oxygens (including phenoxy) is 1. The number of imidazole rings is 1. The molecule has 152 valence electrons. The smallest absolute Gasteiger partial charge is 0.173 e. The van der Waals surface area contributed by atoms with Crippen LogP contribution in [0.5, 0.6) is 5.75 Å². The number of nitrogens with one attached hydrogen (secondary N) is 1. The largest absolute Gasteiger partial charge is 0.496 e. The molecule has 0 fully saturated rings. The van der Waals surface area contributed by atoms with E-state index in [1.165, 1.54) is 0 Å². The molecule has 0 unspecified atom stereocenters. The number of thiocarbonyl (C=S) groups is 1. The Morgan fingerprint density at radius 3 is 2.83 bits per heavy atom. The predicted molar refractivity (Wildman–Crippen MR) is 123 cm³/mol. The average Bonchev–Trinajstić information content (AvgIpc) is 3.24. The van der Waals surface area contributed by atoms with Gasteiger partial charge in [0.2, 0.25) is 0 Å². The molecule has 29 heavy (non-hydrogen) atoms. The molecule has 0 aliphatic rings. The number of hydrogen-bond acceptors (Lipinski definition) is 3. The minimum Gasteiger partial charge on any atom is -0.496 e. The highest BCUT2D eigenvalue weighted by atomic mass is 35.5. The first-order valence-electron chi connectivity index (χ1n) is 9.47. The van der Waals surface area contributed by atoms with E-state index in [9.17, 15) is 0 Å². The lowest BCUT2D eigenvalue weighted by molar-refractivity contribution is 0.372. The van der Waals surface area contributed by atoms with Crippen LogP contribution < -0.4 is 10.1 Å². The minimum atomic E-state index is 0.652. The van der Waals surface area contributed by atoms with Crippen molar-refractivity contribution in [2.24, 2.45) is 0 Å². The first kappa shape index (κ1) is 21.1. The number of benzene rings is 2. The van der Waals surface area contributed by atoms with Gasteiger partial charge >= 0.3 is 0 Å². The van der Waals surface area contributed by atoms with Crippen LogP contribution in [-0.2, 0) is 13.1 Å². The maximum absolute atomic E-state index is 6.26. The van der Waals surface area contributed by atoms with Crippen LogP contribution in [0.3, 0.4) is 0 Å². The summed E-state index contributed by atoms with van der Waals surface area (Å²) in [6, 6.07) is 13.8. The molecule has 0 saturated carbocycles. The number of aromatic nitrogens is 2. The van der Waals surface area contributed by atoms with Gasteiger partial charge in [-0.05, 0) is 49.3 Å². The van der Waals surface area contributed by atoms with E-state index in [0.717, 1.165) is 42.1 Å². The Morgan fingerprint density at radius 1 is 1.24 bits per heavy atom. The Kier molecular flexibility index (Phi) is 7.49. The second kappa shape index (κ2) is 10.3. The quantitative estimate of drug-likeness (QED) is 0.503. The van der Waals surface area contributed by atoms with Crippen LogP contribution in [0.1, 0.15) is 17.5 Å². The zero-order chi connectivity index (χ0) is 20.6. The van der Waals surface area contributed by atoms with Crippen molar-refractivity contribution < 1.29 is 4.74 Å².